The van der Waals surface area contributed by atoms with Gasteiger partial charge in [0.1, 0.15) is 12.2 Å². The Kier molecular flexibility index (Phi) is 34.9. The number of carbonyl (C=O) groups is 3. The summed E-state index contributed by atoms with van der Waals surface area (Å²) in [6.07, 6.45) is 32.1. The molecule has 0 rings (SSSR count). The van der Waals surface area contributed by atoms with Gasteiger partial charge in [-0.3, -0.25) is 14.4 Å². The Morgan fingerprint density at radius 1 is 0.510 bits per heavy atom. The number of unbranched alkanes of at least 4 members (excludes halogenated alkanes) is 22. The average Bonchev–Trinajstić information content (AvgIpc) is 3.12. The largest absolute Gasteiger partial charge is 0.455 e. The second kappa shape index (κ2) is 36.3. The predicted octanol–water partition coefficient (Wildman–Crippen LogP) is 10.2. The van der Waals surface area contributed by atoms with Crippen LogP contribution in [0.2, 0.25) is 0 Å². The number of aliphatic hydroxyl groups excluding tert-OH is 3. The number of aliphatic hydroxyl groups is 3. The summed E-state index contributed by atoms with van der Waals surface area (Å²) < 4.78 is 10.8. The van der Waals surface area contributed by atoms with Gasteiger partial charge in [-0.1, -0.05) is 141 Å². The molecule has 8 heteroatoms. The molecule has 0 spiro atoms. The molecule has 298 valence electrons. The number of ether oxygens (including phenoxy) is 2. The Balaban J connectivity index is 4.40. The molecule has 0 bridgehead atoms. The quantitative estimate of drug-likeness (QED) is 0.0328. The van der Waals surface area contributed by atoms with Crippen molar-refractivity contribution in [2.75, 3.05) is 6.61 Å². The molecule has 8 nitrogen and oxygen atoms in total. The first-order valence-corrected chi connectivity index (χ1v) is 20.9. The lowest BCUT2D eigenvalue weighted by Crippen LogP contribution is -2.52. The third-order valence-electron chi connectivity index (χ3n) is 9.43. The summed E-state index contributed by atoms with van der Waals surface area (Å²) in [5.74, 6) is -1.89. The van der Waals surface area contributed by atoms with Crippen LogP contribution in [0.4, 0.5) is 0 Å². The fourth-order valence-electron chi connectivity index (χ4n) is 6.11. The lowest BCUT2D eigenvalue weighted by atomic mass is 10.00. The summed E-state index contributed by atoms with van der Waals surface area (Å²) in [7, 11) is 0. The summed E-state index contributed by atoms with van der Waals surface area (Å²) in [6, 6.07) is 0. The van der Waals surface area contributed by atoms with E-state index in [2.05, 4.69) is 38.2 Å². The minimum atomic E-state index is -1.80. The molecular weight excluding hydrogens is 644 g/mol. The van der Waals surface area contributed by atoms with Crippen LogP contribution in [0.1, 0.15) is 201 Å². The highest BCUT2D eigenvalue weighted by Crippen LogP contribution is 2.18. The molecule has 0 unspecified atom stereocenters. The molecular formula is C43H78O8. The number of Topliss-reactive ketones (excluding diaryl/α,β-unsaturated/α-hetero) is 1. The Hall–Kier alpha value is -2.03. The summed E-state index contributed by atoms with van der Waals surface area (Å²) in [5, 5.41) is 30.1. The van der Waals surface area contributed by atoms with Gasteiger partial charge in [-0.25, -0.2) is 0 Å². The van der Waals surface area contributed by atoms with E-state index in [9.17, 15) is 29.7 Å². The number of ketones is 1. The molecule has 0 aliphatic heterocycles. The molecule has 4 atom stereocenters. The van der Waals surface area contributed by atoms with Crippen molar-refractivity contribution >= 4 is 17.7 Å². The van der Waals surface area contributed by atoms with Crippen LogP contribution in [0.15, 0.2) is 24.3 Å². The highest BCUT2D eigenvalue weighted by atomic mass is 16.6. The normalized spacial score (nSPS) is 14.2. The van der Waals surface area contributed by atoms with Crippen LogP contribution >= 0.6 is 0 Å². The fourth-order valence-corrected chi connectivity index (χ4v) is 6.11. The molecule has 0 aliphatic carbocycles. The van der Waals surface area contributed by atoms with Gasteiger partial charge in [0.15, 0.2) is 18.0 Å². The van der Waals surface area contributed by atoms with Crippen LogP contribution < -0.4 is 0 Å². The van der Waals surface area contributed by atoms with Gasteiger partial charge < -0.3 is 24.8 Å². The van der Waals surface area contributed by atoms with Crippen molar-refractivity contribution in [3.8, 4) is 0 Å². The molecule has 0 heterocycles. The lowest BCUT2D eigenvalue weighted by Gasteiger charge is -2.30. The van der Waals surface area contributed by atoms with Gasteiger partial charge in [-0.2, -0.15) is 0 Å². The van der Waals surface area contributed by atoms with E-state index in [-0.39, 0.29) is 12.8 Å². The van der Waals surface area contributed by atoms with Crippen LogP contribution in [-0.2, 0) is 23.9 Å². The smallest absolute Gasteiger partial charge is 0.306 e. The first-order valence-electron chi connectivity index (χ1n) is 20.9. The Morgan fingerprint density at radius 2 is 0.843 bits per heavy atom. The molecule has 0 radical (unpaired) electrons. The maximum absolute atomic E-state index is 12.7. The number of rotatable bonds is 37. The highest BCUT2D eigenvalue weighted by molar-refractivity contribution is 5.84. The van der Waals surface area contributed by atoms with Crippen LogP contribution in [0, 0.1) is 0 Å². The third kappa shape index (κ3) is 30.2. The topological polar surface area (TPSA) is 130 Å². The van der Waals surface area contributed by atoms with E-state index in [1.54, 1.807) is 0 Å². The zero-order valence-corrected chi connectivity index (χ0v) is 33.0. The summed E-state index contributed by atoms with van der Waals surface area (Å²) in [6.45, 7) is 4.85. The highest BCUT2D eigenvalue weighted by Gasteiger charge is 2.40. The standard InChI is InChI=1S/C43H78O8/c1-4-6-8-10-12-14-16-18-20-22-24-26-28-30-32-34-39(47)50-42(37(3)45)43(41(49)38(46)36-44)51-40(48)35-33-31-29-27-25-23-21-19-17-15-13-11-9-7-5-2/h18-21,38,41-44,46,49H,4-17,22-36H2,1-3H3/b20-18-,21-19-/t38-,41-,42+,43+/m1/s1. The number of hydrogen-bond donors (Lipinski definition) is 3. The Bertz CT molecular complexity index is 885. The zero-order valence-electron chi connectivity index (χ0n) is 33.0. The van der Waals surface area contributed by atoms with Gasteiger partial charge in [0.05, 0.1) is 6.61 Å². The third-order valence-corrected chi connectivity index (χ3v) is 9.43. The van der Waals surface area contributed by atoms with Gasteiger partial charge in [-0.15, -0.1) is 0 Å². The second-order valence-corrected chi connectivity index (χ2v) is 14.4. The maximum atomic E-state index is 12.7. The molecule has 0 saturated heterocycles. The number of esters is 2. The minimum absolute atomic E-state index is 0.0735. The van der Waals surface area contributed by atoms with Crippen molar-refractivity contribution in [1.29, 1.82) is 0 Å². The maximum Gasteiger partial charge on any atom is 0.306 e. The van der Waals surface area contributed by atoms with E-state index >= 15 is 0 Å². The van der Waals surface area contributed by atoms with Crippen LogP contribution in [-0.4, -0.2) is 64.1 Å². The molecule has 0 fully saturated rings. The average molecular weight is 723 g/mol. The van der Waals surface area contributed by atoms with Crippen LogP contribution in [0.5, 0.6) is 0 Å². The summed E-state index contributed by atoms with van der Waals surface area (Å²) in [5.41, 5.74) is 0. The number of allylic oxidation sites excluding steroid dienone is 4. The zero-order chi connectivity index (χ0) is 37.8. The van der Waals surface area contributed by atoms with E-state index in [1.165, 1.54) is 84.0 Å². The first-order chi connectivity index (χ1) is 24.8. The predicted molar refractivity (Wildman–Crippen MR) is 208 cm³/mol. The van der Waals surface area contributed by atoms with E-state index in [0.29, 0.717) is 12.8 Å². The molecule has 3 N–H and O–H groups in total. The molecule has 0 aliphatic rings. The molecule has 0 aromatic rings. The van der Waals surface area contributed by atoms with E-state index < -0.39 is 48.7 Å². The molecule has 0 saturated carbocycles. The van der Waals surface area contributed by atoms with Crippen molar-refractivity contribution in [1.82, 2.24) is 0 Å². The SMILES string of the molecule is CCCCCCCC/C=C\CCCCCCCC(=O)O[C@@H]([C@H](O)[C@H](O)CO)[C@@H](OC(=O)CCCCCCC/C=C\CCCCCCCC)C(C)=O. The fraction of sp³-hybridized carbons (Fsp3) is 0.837. The molecule has 0 aromatic carbocycles. The summed E-state index contributed by atoms with van der Waals surface area (Å²) in [4.78, 5) is 37.9. The van der Waals surface area contributed by atoms with Gasteiger partial charge in [0.2, 0.25) is 0 Å². The van der Waals surface area contributed by atoms with Crippen molar-refractivity contribution in [2.45, 2.75) is 225 Å². The molecule has 51 heavy (non-hydrogen) atoms. The first kappa shape index (κ1) is 49.0. The minimum Gasteiger partial charge on any atom is -0.455 e. The van der Waals surface area contributed by atoms with Crippen molar-refractivity contribution in [2.24, 2.45) is 0 Å². The van der Waals surface area contributed by atoms with Crippen LogP contribution in [0.3, 0.4) is 0 Å². The Labute approximate surface area is 312 Å². The monoisotopic (exact) mass is 723 g/mol. The lowest BCUT2D eigenvalue weighted by molar-refractivity contribution is -0.187. The summed E-state index contributed by atoms with van der Waals surface area (Å²) >= 11 is 0. The Morgan fingerprint density at radius 3 is 1.20 bits per heavy atom. The van der Waals surface area contributed by atoms with E-state index in [1.807, 2.05) is 0 Å². The molecule has 0 amide bonds. The van der Waals surface area contributed by atoms with Gasteiger partial charge in [0, 0.05) is 12.8 Å². The van der Waals surface area contributed by atoms with E-state index in [4.69, 9.17) is 9.47 Å². The van der Waals surface area contributed by atoms with Crippen LogP contribution in [0.25, 0.3) is 0 Å². The molecule has 0 aromatic heterocycles. The second-order valence-electron chi connectivity index (χ2n) is 14.4. The van der Waals surface area contributed by atoms with Crippen molar-refractivity contribution in [3.05, 3.63) is 24.3 Å². The van der Waals surface area contributed by atoms with Crippen molar-refractivity contribution in [3.63, 3.8) is 0 Å². The van der Waals surface area contributed by atoms with Gasteiger partial charge >= 0.3 is 11.9 Å². The van der Waals surface area contributed by atoms with E-state index in [0.717, 1.165) is 77.0 Å². The van der Waals surface area contributed by atoms with Gasteiger partial charge in [0.25, 0.3) is 0 Å². The number of carbonyl (C=O) groups excluding carboxylic acids is 3. The van der Waals surface area contributed by atoms with Gasteiger partial charge in [-0.05, 0) is 71.1 Å². The number of hydrogen-bond acceptors (Lipinski definition) is 8. The van der Waals surface area contributed by atoms with Crippen molar-refractivity contribution < 1.29 is 39.2 Å².